The molecule has 1 atom stereocenters. The van der Waals surface area contributed by atoms with Gasteiger partial charge in [-0.05, 0) is 38.3 Å². The van der Waals surface area contributed by atoms with Gasteiger partial charge in [-0.1, -0.05) is 0 Å². The summed E-state index contributed by atoms with van der Waals surface area (Å²) in [6.07, 6.45) is 3.25. The summed E-state index contributed by atoms with van der Waals surface area (Å²) in [5.74, 6) is 0.857. The number of hydrogen-bond acceptors (Lipinski definition) is 3. The van der Waals surface area contributed by atoms with E-state index >= 15 is 0 Å². The lowest BCUT2D eigenvalue weighted by Gasteiger charge is -2.31. The van der Waals surface area contributed by atoms with Crippen LogP contribution in [0.5, 0.6) is 0 Å². The van der Waals surface area contributed by atoms with Gasteiger partial charge in [-0.25, -0.2) is 0 Å². The van der Waals surface area contributed by atoms with Crippen LogP contribution in [0.2, 0.25) is 0 Å². The lowest BCUT2D eigenvalue weighted by molar-refractivity contribution is 0.0761. The maximum Gasteiger partial charge on any atom is 0.0564 e. The first-order valence-electron chi connectivity index (χ1n) is 5.46. The van der Waals surface area contributed by atoms with Crippen molar-refractivity contribution in [1.29, 1.82) is 0 Å². The van der Waals surface area contributed by atoms with Crippen LogP contribution in [0, 0.1) is 5.92 Å². The van der Waals surface area contributed by atoms with Crippen LogP contribution in [-0.2, 0) is 0 Å². The fourth-order valence-electron chi connectivity index (χ4n) is 2.34. The summed E-state index contributed by atoms with van der Waals surface area (Å²) in [4.78, 5) is 2.50. The van der Waals surface area contributed by atoms with E-state index in [0.717, 1.165) is 31.8 Å². The van der Waals surface area contributed by atoms with Gasteiger partial charge in [0.15, 0.2) is 0 Å². The van der Waals surface area contributed by atoms with Crippen LogP contribution in [0.25, 0.3) is 0 Å². The molecule has 13 heavy (non-hydrogen) atoms. The number of rotatable bonds is 2. The Balaban J connectivity index is 1.69. The first-order valence-corrected chi connectivity index (χ1v) is 5.46. The lowest BCUT2D eigenvalue weighted by Crippen LogP contribution is -2.39. The molecule has 3 nitrogen and oxygen atoms in total. The molecule has 2 saturated heterocycles. The molecule has 76 valence electrons. The summed E-state index contributed by atoms with van der Waals surface area (Å²) in [7, 11) is 0. The molecule has 3 heteroatoms. The van der Waals surface area contributed by atoms with Crippen molar-refractivity contribution in [3.8, 4) is 0 Å². The molecule has 0 radical (unpaired) electrons. The summed E-state index contributed by atoms with van der Waals surface area (Å²) < 4.78 is 0. The van der Waals surface area contributed by atoms with Gasteiger partial charge in [0.25, 0.3) is 0 Å². The first kappa shape index (κ1) is 9.44. The van der Waals surface area contributed by atoms with Crippen LogP contribution in [0.3, 0.4) is 0 Å². The Morgan fingerprint density at radius 2 is 2.00 bits per heavy atom. The van der Waals surface area contributed by atoms with Gasteiger partial charge in [-0.15, -0.1) is 0 Å². The molecule has 2 N–H and O–H groups in total. The number of nitrogens with zero attached hydrogens (tertiary/aromatic N) is 1. The van der Waals surface area contributed by atoms with Crippen LogP contribution in [-0.4, -0.2) is 48.8 Å². The van der Waals surface area contributed by atoms with Crippen LogP contribution < -0.4 is 5.32 Å². The zero-order valence-corrected chi connectivity index (χ0v) is 8.21. The van der Waals surface area contributed by atoms with Gasteiger partial charge in [0.1, 0.15) is 0 Å². The van der Waals surface area contributed by atoms with Gasteiger partial charge >= 0.3 is 0 Å². The zero-order chi connectivity index (χ0) is 9.10. The van der Waals surface area contributed by atoms with E-state index in [1.807, 2.05) is 0 Å². The monoisotopic (exact) mass is 184 g/mol. The number of hydrogen-bond donors (Lipinski definition) is 2. The van der Waals surface area contributed by atoms with E-state index in [2.05, 4.69) is 10.2 Å². The van der Waals surface area contributed by atoms with Crippen LogP contribution in [0.4, 0.5) is 0 Å². The maximum absolute atomic E-state index is 9.35. The van der Waals surface area contributed by atoms with Crippen molar-refractivity contribution in [3.05, 3.63) is 0 Å². The number of nitrogens with one attached hydrogen (secondary N) is 1. The average molecular weight is 184 g/mol. The van der Waals surface area contributed by atoms with Crippen LogP contribution >= 0.6 is 0 Å². The van der Waals surface area contributed by atoms with E-state index in [0.29, 0.717) is 0 Å². The van der Waals surface area contributed by atoms with E-state index in [1.165, 1.54) is 26.1 Å². The largest absolute Gasteiger partial charge is 0.393 e. The van der Waals surface area contributed by atoms with E-state index in [9.17, 15) is 5.11 Å². The first-order chi connectivity index (χ1) is 6.34. The van der Waals surface area contributed by atoms with Gasteiger partial charge in [0, 0.05) is 19.6 Å². The predicted octanol–water partition coefficient (Wildman–Crippen LogP) is 0.0526. The predicted molar refractivity (Wildman–Crippen MR) is 52.7 cm³/mol. The Morgan fingerprint density at radius 3 is 2.62 bits per heavy atom. The summed E-state index contributed by atoms with van der Waals surface area (Å²) >= 11 is 0. The molecule has 0 saturated carbocycles. The van der Waals surface area contributed by atoms with Crippen molar-refractivity contribution in [2.24, 2.45) is 5.92 Å². The molecule has 2 fully saturated rings. The Kier molecular flexibility index (Phi) is 3.19. The standard InChI is InChI=1S/C10H20N2O/c13-10-2-5-12(6-3-10)8-9-1-4-11-7-9/h9-11,13H,1-8H2/t9-/m0/s1. The molecule has 0 aromatic heterocycles. The molecule has 0 spiro atoms. The molecule has 0 bridgehead atoms. The lowest BCUT2D eigenvalue weighted by atomic mass is 10.0. The van der Waals surface area contributed by atoms with E-state index in [4.69, 9.17) is 0 Å². The van der Waals surface area contributed by atoms with Crippen molar-refractivity contribution in [2.75, 3.05) is 32.7 Å². The molecule has 0 aromatic rings. The highest BCUT2D eigenvalue weighted by Crippen LogP contribution is 2.14. The quantitative estimate of drug-likeness (QED) is 0.636. The fraction of sp³-hybridized carbons (Fsp3) is 1.00. The van der Waals surface area contributed by atoms with E-state index in [-0.39, 0.29) is 6.10 Å². The Morgan fingerprint density at radius 1 is 1.23 bits per heavy atom. The molecule has 2 aliphatic heterocycles. The Labute approximate surface area is 80.1 Å². The SMILES string of the molecule is OC1CCN(C[C@H]2CCNC2)CC1. The third kappa shape index (κ3) is 2.66. The topological polar surface area (TPSA) is 35.5 Å². The third-order valence-electron chi connectivity index (χ3n) is 3.24. The molecule has 2 rings (SSSR count). The second kappa shape index (κ2) is 4.40. The van der Waals surface area contributed by atoms with Gasteiger partial charge < -0.3 is 15.3 Å². The number of aliphatic hydroxyl groups excluding tert-OH is 1. The molecule has 0 unspecified atom stereocenters. The highest BCUT2D eigenvalue weighted by atomic mass is 16.3. The highest BCUT2D eigenvalue weighted by molar-refractivity contribution is 4.78. The van der Waals surface area contributed by atoms with E-state index in [1.54, 1.807) is 0 Å². The van der Waals surface area contributed by atoms with Gasteiger partial charge in [-0.3, -0.25) is 0 Å². The third-order valence-corrected chi connectivity index (χ3v) is 3.24. The van der Waals surface area contributed by atoms with Crippen molar-refractivity contribution >= 4 is 0 Å². The van der Waals surface area contributed by atoms with Crippen LogP contribution in [0.1, 0.15) is 19.3 Å². The molecule has 2 heterocycles. The highest BCUT2D eigenvalue weighted by Gasteiger charge is 2.21. The normalized spacial score (nSPS) is 32.5. The molecule has 0 amide bonds. The molecular formula is C10H20N2O. The molecule has 2 aliphatic rings. The molecular weight excluding hydrogens is 164 g/mol. The summed E-state index contributed by atoms with van der Waals surface area (Å²) in [5.41, 5.74) is 0. The fourth-order valence-corrected chi connectivity index (χ4v) is 2.34. The minimum atomic E-state index is -0.0297. The van der Waals surface area contributed by atoms with Crippen LogP contribution in [0.15, 0.2) is 0 Å². The smallest absolute Gasteiger partial charge is 0.0564 e. The minimum Gasteiger partial charge on any atom is -0.393 e. The summed E-state index contributed by atoms with van der Waals surface area (Å²) in [6.45, 7) is 5.81. The van der Waals surface area contributed by atoms with Crippen molar-refractivity contribution in [3.63, 3.8) is 0 Å². The Bertz CT molecular complexity index is 149. The number of piperidine rings is 1. The second-order valence-corrected chi connectivity index (χ2v) is 4.39. The second-order valence-electron chi connectivity index (χ2n) is 4.39. The summed E-state index contributed by atoms with van der Waals surface area (Å²) in [6, 6.07) is 0. The van der Waals surface area contributed by atoms with Gasteiger partial charge in [-0.2, -0.15) is 0 Å². The van der Waals surface area contributed by atoms with Gasteiger partial charge in [0.2, 0.25) is 0 Å². The van der Waals surface area contributed by atoms with Crippen molar-refractivity contribution in [2.45, 2.75) is 25.4 Å². The minimum absolute atomic E-state index is 0.0297. The van der Waals surface area contributed by atoms with Crippen molar-refractivity contribution < 1.29 is 5.11 Å². The maximum atomic E-state index is 9.35. The molecule has 0 aliphatic carbocycles. The number of aliphatic hydroxyl groups is 1. The van der Waals surface area contributed by atoms with Crippen molar-refractivity contribution in [1.82, 2.24) is 10.2 Å². The molecule has 0 aromatic carbocycles. The average Bonchev–Trinajstić information content (AvgIpc) is 2.62. The zero-order valence-electron chi connectivity index (χ0n) is 8.21. The van der Waals surface area contributed by atoms with Gasteiger partial charge in [0.05, 0.1) is 6.10 Å². The number of likely N-dealkylation sites (tertiary alicyclic amines) is 1. The van der Waals surface area contributed by atoms with E-state index < -0.39 is 0 Å². The Hall–Kier alpha value is -0.120. The summed E-state index contributed by atoms with van der Waals surface area (Å²) in [5, 5.41) is 12.7.